The van der Waals surface area contributed by atoms with Crippen molar-refractivity contribution in [3.05, 3.63) is 29.8 Å². The van der Waals surface area contributed by atoms with Gasteiger partial charge in [-0.05, 0) is 55.2 Å². The van der Waals surface area contributed by atoms with Crippen molar-refractivity contribution >= 4 is 16.0 Å². The average Bonchev–Trinajstić information content (AvgIpc) is 2.70. The summed E-state index contributed by atoms with van der Waals surface area (Å²) >= 11 is 0. The molecule has 2 N–H and O–H groups in total. The van der Waals surface area contributed by atoms with Crippen molar-refractivity contribution in [3.63, 3.8) is 0 Å². The van der Waals surface area contributed by atoms with Crippen molar-refractivity contribution in [1.82, 2.24) is 14.9 Å². The SMILES string of the molecule is CCC1(CNC(=NC)NCc2ccc(S(=O)(=O)N3CCCCC3)cc2)CCC1. The predicted octanol–water partition coefficient (Wildman–Crippen LogP) is 3.11. The van der Waals surface area contributed by atoms with Crippen LogP contribution >= 0.6 is 0 Å². The van der Waals surface area contributed by atoms with Gasteiger partial charge < -0.3 is 10.6 Å². The number of nitrogens with one attached hydrogen (secondary N) is 2. The zero-order valence-electron chi connectivity index (χ0n) is 17.2. The molecule has 6 nitrogen and oxygen atoms in total. The van der Waals surface area contributed by atoms with Gasteiger partial charge in [0, 0.05) is 33.2 Å². The number of piperidine rings is 1. The molecule has 28 heavy (non-hydrogen) atoms. The lowest BCUT2D eigenvalue weighted by atomic mass is 9.67. The summed E-state index contributed by atoms with van der Waals surface area (Å²) in [5.41, 5.74) is 1.47. The van der Waals surface area contributed by atoms with E-state index in [0.29, 0.717) is 29.9 Å². The standard InChI is InChI=1S/C21H34N4O2S/c1-3-21(12-7-13-21)17-24-20(22-2)23-16-18-8-10-19(11-9-18)28(26,27)25-14-5-4-6-15-25/h8-11H,3-7,12-17H2,1-2H3,(H2,22,23,24). The van der Waals surface area contributed by atoms with Gasteiger partial charge in [-0.25, -0.2) is 8.42 Å². The van der Waals surface area contributed by atoms with E-state index in [1.165, 1.54) is 25.7 Å². The minimum absolute atomic E-state index is 0.385. The van der Waals surface area contributed by atoms with E-state index in [4.69, 9.17) is 0 Å². The third kappa shape index (κ3) is 4.87. The molecule has 2 fully saturated rings. The molecular formula is C21H34N4O2S. The van der Waals surface area contributed by atoms with E-state index in [9.17, 15) is 8.42 Å². The van der Waals surface area contributed by atoms with E-state index in [2.05, 4.69) is 22.5 Å². The predicted molar refractivity (Wildman–Crippen MR) is 114 cm³/mol. The zero-order chi connectivity index (χ0) is 20.0. The minimum atomic E-state index is -3.36. The molecule has 0 unspecified atom stereocenters. The molecule has 7 heteroatoms. The van der Waals surface area contributed by atoms with Gasteiger partial charge >= 0.3 is 0 Å². The summed E-state index contributed by atoms with van der Waals surface area (Å²) in [4.78, 5) is 4.69. The molecule has 1 aromatic carbocycles. The maximum Gasteiger partial charge on any atom is 0.243 e. The van der Waals surface area contributed by atoms with E-state index in [0.717, 1.165) is 37.3 Å². The Hall–Kier alpha value is -1.60. The largest absolute Gasteiger partial charge is 0.356 e. The molecule has 1 saturated carbocycles. The number of hydrogen-bond acceptors (Lipinski definition) is 3. The highest BCUT2D eigenvalue weighted by atomic mass is 32.2. The van der Waals surface area contributed by atoms with Crippen LogP contribution in [0, 0.1) is 5.41 Å². The van der Waals surface area contributed by atoms with Gasteiger partial charge in [0.25, 0.3) is 0 Å². The van der Waals surface area contributed by atoms with Crippen molar-refractivity contribution in [2.24, 2.45) is 10.4 Å². The number of rotatable bonds is 7. The van der Waals surface area contributed by atoms with Gasteiger partial charge in [0.2, 0.25) is 10.0 Å². The molecule has 1 aliphatic carbocycles. The molecule has 0 bridgehead atoms. The maximum atomic E-state index is 12.7. The van der Waals surface area contributed by atoms with Crippen molar-refractivity contribution in [2.75, 3.05) is 26.7 Å². The topological polar surface area (TPSA) is 73.8 Å². The second-order valence-corrected chi connectivity index (χ2v) is 10.0. The van der Waals surface area contributed by atoms with Crippen molar-refractivity contribution in [2.45, 2.75) is 63.3 Å². The highest BCUT2D eigenvalue weighted by Crippen LogP contribution is 2.42. The number of guanidine groups is 1. The van der Waals surface area contributed by atoms with Crippen LogP contribution in [0.25, 0.3) is 0 Å². The third-order valence-electron chi connectivity index (χ3n) is 6.35. The fraction of sp³-hybridized carbons (Fsp3) is 0.667. The number of nitrogens with zero attached hydrogens (tertiary/aromatic N) is 2. The van der Waals surface area contributed by atoms with Gasteiger partial charge in [-0.1, -0.05) is 31.9 Å². The van der Waals surface area contributed by atoms with Crippen LogP contribution in [-0.2, 0) is 16.6 Å². The first-order valence-electron chi connectivity index (χ1n) is 10.5. The number of aliphatic imine (C=N–C) groups is 1. The van der Waals surface area contributed by atoms with E-state index in [-0.39, 0.29) is 0 Å². The van der Waals surface area contributed by atoms with Crippen LogP contribution in [0.5, 0.6) is 0 Å². The van der Waals surface area contributed by atoms with E-state index >= 15 is 0 Å². The molecule has 1 saturated heterocycles. The van der Waals surface area contributed by atoms with Gasteiger partial charge in [0.1, 0.15) is 0 Å². The Labute approximate surface area is 169 Å². The van der Waals surface area contributed by atoms with Crippen molar-refractivity contribution in [1.29, 1.82) is 0 Å². The van der Waals surface area contributed by atoms with Gasteiger partial charge in [0.15, 0.2) is 5.96 Å². The van der Waals surface area contributed by atoms with E-state index in [1.54, 1.807) is 23.5 Å². The van der Waals surface area contributed by atoms with Gasteiger partial charge in [-0.15, -0.1) is 0 Å². The highest BCUT2D eigenvalue weighted by Gasteiger charge is 2.34. The van der Waals surface area contributed by atoms with Crippen molar-refractivity contribution in [3.8, 4) is 0 Å². The van der Waals surface area contributed by atoms with E-state index in [1.807, 2.05) is 12.1 Å². The fourth-order valence-electron chi connectivity index (χ4n) is 4.04. The summed E-state index contributed by atoms with van der Waals surface area (Å²) in [6.07, 6.45) is 8.13. The molecule has 0 radical (unpaired) electrons. The number of benzene rings is 1. The molecule has 1 aromatic rings. The van der Waals surface area contributed by atoms with E-state index < -0.39 is 10.0 Å². The Kier molecular flexibility index (Phi) is 6.99. The molecule has 0 aromatic heterocycles. The lowest BCUT2D eigenvalue weighted by Crippen LogP contribution is -2.46. The summed E-state index contributed by atoms with van der Waals surface area (Å²) in [6.45, 7) is 5.09. The number of hydrogen-bond donors (Lipinski definition) is 2. The molecule has 1 heterocycles. The first-order valence-corrected chi connectivity index (χ1v) is 12.0. The lowest BCUT2D eigenvalue weighted by Gasteiger charge is -2.41. The van der Waals surface area contributed by atoms with Crippen LogP contribution in [0.1, 0.15) is 57.4 Å². The Morgan fingerprint density at radius 3 is 2.29 bits per heavy atom. The Bertz CT molecular complexity index is 759. The molecule has 156 valence electrons. The summed E-state index contributed by atoms with van der Waals surface area (Å²) < 4.78 is 27.1. The van der Waals surface area contributed by atoms with Gasteiger partial charge in [-0.2, -0.15) is 4.31 Å². The van der Waals surface area contributed by atoms with Crippen LogP contribution < -0.4 is 10.6 Å². The summed E-state index contributed by atoms with van der Waals surface area (Å²) in [5.74, 6) is 0.796. The molecular weight excluding hydrogens is 372 g/mol. The van der Waals surface area contributed by atoms with Crippen LogP contribution in [0.15, 0.2) is 34.2 Å². The minimum Gasteiger partial charge on any atom is -0.356 e. The summed E-state index contributed by atoms with van der Waals surface area (Å²) in [6, 6.07) is 7.21. The first-order chi connectivity index (χ1) is 13.5. The second kappa shape index (κ2) is 9.27. The molecule has 1 aliphatic heterocycles. The summed E-state index contributed by atoms with van der Waals surface area (Å²) in [5, 5.41) is 6.78. The Morgan fingerprint density at radius 1 is 1.07 bits per heavy atom. The molecule has 3 rings (SSSR count). The molecule has 0 atom stereocenters. The first kappa shape index (κ1) is 21.1. The van der Waals surface area contributed by atoms with Gasteiger partial charge in [-0.3, -0.25) is 4.99 Å². The fourth-order valence-corrected chi connectivity index (χ4v) is 5.56. The van der Waals surface area contributed by atoms with Crippen LogP contribution in [0.4, 0.5) is 0 Å². The van der Waals surface area contributed by atoms with Crippen molar-refractivity contribution < 1.29 is 8.42 Å². The summed E-state index contributed by atoms with van der Waals surface area (Å²) in [7, 11) is -1.58. The molecule has 0 amide bonds. The smallest absolute Gasteiger partial charge is 0.243 e. The lowest BCUT2D eigenvalue weighted by molar-refractivity contribution is 0.131. The quantitative estimate of drug-likeness (QED) is 0.539. The zero-order valence-corrected chi connectivity index (χ0v) is 18.0. The number of sulfonamides is 1. The molecule has 0 spiro atoms. The Balaban J connectivity index is 1.53. The van der Waals surface area contributed by atoms with Crippen LogP contribution in [0.2, 0.25) is 0 Å². The van der Waals surface area contributed by atoms with Crippen LogP contribution in [0.3, 0.4) is 0 Å². The molecule has 2 aliphatic rings. The monoisotopic (exact) mass is 406 g/mol. The average molecular weight is 407 g/mol. The van der Waals surface area contributed by atoms with Crippen LogP contribution in [-0.4, -0.2) is 45.4 Å². The highest BCUT2D eigenvalue weighted by molar-refractivity contribution is 7.89. The Morgan fingerprint density at radius 2 is 1.75 bits per heavy atom. The second-order valence-electron chi connectivity index (χ2n) is 8.10. The maximum absolute atomic E-state index is 12.7. The van der Waals surface area contributed by atoms with Gasteiger partial charge in [0.05, 0.1) is 4.90 Å². The normalized spacial score (nSPS) is 20.4. The third-order valence-corrected chi connectivity index (χ3v) is 8.27.